The van der Waals surface area contributed by atoms with E-state index in [4.69, 9.17) is 8.61 Å². The molecule has 0 aromatic carbocycles. The second kappa shape index (κ2) is 11.6. The number of fused-ring (bicyclic) bond motifs is 4. The molecule has 0 radical (unpaired) electrons. The summed E-state index contributed by atoms with van der Waals surface area (Å²) in [4.78, 5) is 0. The van der Waals surface area contributed by atoms with Gasteiger partial charge in [-0.3, -0.25) is 4.18 Å². The minimum Gasteiger partial charge on any atom is -0.413 e. The maximum absolute atomic E-state index is 12.0. The van der Waals surface area contributed by atoms with Gasteiger partial charge >= 0.3 is 0 Å². The van der Waals surface area contributed by atoms with Gasteiger partial charge in [-0.15, -0.1) is 0 Å². The van der Waals surface area contributed by atoms with E-state index in [9.17, 15) is 8.42 Å². The fourth-order valence-corrected chi connectivity index (χ4v) is 11.3. The van der Waals surface area contributed by atoms with Gasteiger partial charge in [0.05, 0.1) is 19.0 Å². The van der Waals surface area contributed by atoms with E-state index in [1.165, 1.54) is 37.5 Å². The molecule has 4 nitrogen and oxygen atoms in total. The molecule has 42 heavy (non-hydrogen) atoms. The zero-order chi connectivity index (χ0) is 31.5. The smallest absolute Gasteiger partial charge is 0.264 e. The highest BCUT2D eigenvalue weighted by Gasteiger charge is 2.59. The number of rotatable bonds is 9. The molecule has 0 saturated heterocycles. The van der Waals surface area contributed by atoms with Gasteiger partial charge in [-0.2, -0.15) is 8.42 Å². The first-order chi connectivity index (χ1) is 19.1. The summed E-state index contributed by atoms with van der Waals surface area (Å²) in [6.45, 7) is 26.6. The van der Waals surface area contributed by atoms with E-state index in [1.54, 1.807) is 16.7 Å². The lowest BCUT2D eigenvalue weighted by atomic mass is 9.46. The van der Waals surface area contributed by atoms with Gasteiger partial charge in [0.1, 0.15) is 0 Å². The average molecular weight is 619 g/mol. The van der Waals surface area contributed by atoms with Crippen molar-refractivity contribution in [1.29, 1.82) is 0 Å². The predicted molar refractivity (Wildman–Crippen MR) is 179 cm³/mol. The van der Waals surface area contributed by atoms with Gasteiger partial charge in [0.25, 0.3) is 10.1 Å². The van der Waals surface area contributed by atoms with Gasteiger partial charge in [0.2, 0.25) is 0 Å². The molecule has 0 heterocycles. The van der Waals surface area contributed by atoms with E-state index in [-0.39, 0.29) is 27.2 Å². The molecule has 0 aliphatic heterocycles. The molecule has 0 aromatic rings. The monoisotopic (exact) mass is 618 g/mol. The minimum atomic E-state index is -3.46. The Labute approximate surface area is 260 Å². The molecule has 4 aliphatic rings. The van der Waals surface area contributed by atoms with E-state index >= 15 is 0 Å². The van der Waals surface area contributed by atoms with Crippen LogP contribution < -0.4 is 0 Å². The summed E-state index contributed by atoms with van der Waals surface area (Å²) >= 11 is 0. The van der Waals surface area contributed by atoms with Gasteiger partial charge in [-0.25, -0.2) is 0 Å². The summed E-state index contributed by atoms with van der Waals surface area (Å²) in [7, 11) is -5.31. The quantitative estimate of drug-likeness (QED) is 0.147. The Morgan fingerprint density at radius 2 is 1.74 bits per heavy atom. The Bertz CT molecular complexity index is 1230. The van der Waals surface area contributed by atoms with Crippen molar-refractivity contribution < 1.29 is 17.0 Å². The van der Waals surface area contributed by atoms with Gasteiger partial charge in [-0.05, 0) is 135 Å². The van der Waals surface area contributed by atoms with Crippen LogP contribution in [0.15, 0.2) is 34.4 Å². The zero-order valence-corrected chi connectivity index (χ0v) is 30.9. The Morgan fingerprint density at radius 1 is 1.07 bits per heavy atom. The van der Waals surface area contributed by atoms with Crippen molar-refractivity contribution in [3.05, 3.63) is 34.4 Å². The number of hydrogen-bond acceptors (Lipinski definition) is 4. The molecule has 6 atom stereocenters. The Morgan fingerprint density at radius 3 is 2.33 bits per heavy atom. The van der Waals surface area contributed by atoms with Crippen LogP contribution in [0, 0.1) is 34.0 Å². The molecular formula is C36H62O4SSi. The Balaban J connectivity index is 1.60. The molecule has 0 bridgehead atoms. The van der Waals surface area contributed by atoms with Crippen molar-refractivity contribution in [2.45, 2.75) is 144 Å². The van der Waals surface area contributed by atoms with Crippen LogP contribution in [0.3, 0.4) is 0 Å². The number of allylic oxidation sites excluding steroid dienone is 6. The lowest BCUT2D eigenvalue weighted by Gasteiger charge is -2.61. The standard InChI is InChI=1S/C36H62O4SSi/c1-25(2)14-13-15-26(24-39-41(10,37)38)28-17-18-29-27-16-19-31-34(6,7)32(40-42(11,12)33(3,4)5)21-23-36(31,9)30(27)20-22-35(28,29)8/h14,18,26,28,31-32H,13,15-17,19-24H2,1-12H3/t26-,28?,31?,32?,35+,36+/m0/s1. The molecule has 1 saturated carbocycles. The topological polar surface area (TPSA) is 52.6 Å². The third kappa shape index (κ3) is 6.35. The third-order valence-corrected chi connectivity index (χ3v) is 17.8. The van der Waals surface area contributed by atoms with Crippen molar-refractivity contribution >= 4 is 18.4 Å². The molecule has 4 aliphatic carbocycles. The first kappa shape index (κ1) is 34.2. The highest BCUT2D eigenvalue weighted by atomic mass is 32.2. The van der Waals surface area contributed by atoms with Gasteiger partial charge in [0, 0.05) is 0 Å². The molecular weight excluding hydrogens is 557 g/mol. The Hall–Kier alpha value is -0.693. The van der Waals surface area contributed by atoms with Crippen molar-refractivity contribution in [3.63, 3.8) is 0 Å². The maximum Gasteiger partial charge on any atom is 0.264 e. The second-order valence-corrected chi connectivity index (χ2v) is 23.6. The summed E-state index contributed by atoms with van der Waals surface area (Å²) in [5, 5.41) is 0.223. The van der Waals surface area contributed by atoms with Crippen molar-refractivity contribution in [2.75, 3.05) is 12.9 Å². The van der Waals surface area contributed by atoms with Crippen molar-refractivity contribution in [3.8, 4) is 0 Å². The predicted octanol–water partition coefficient (Wildman–Crippen LogP) is 9.99. The molecule has 0 spiro atoms. The highest BCUT2D eigenvalue weighted by molar-refractivity contribution is 7.85. The summed E-state index contributed by atoms with van der Waals surface area (Å²) in [6.07, 6.45) is 16.4. The molecule has 6 heteroatoms. The van der Waals surface area contributed by atoms with Gasteiger partial charge in [0.15, 0.2) is 8.32 Å². The highest BCUT2D eigenvalue weighted by Crippen LogP contribution is 2.67. The van der Waals surface area contributed by atoms with Crippen LogP contribution in [0.5, 0.6) is 0 Å². The van der Waals surface area contributed by atoms with Crippen LogP contribution in [0.2, 0.25) is 18.1 Å². The van der Waals surface area contributed by atoms with Gasteiger partial charge < -0.3 is 4.43 Å². The normalized spacial score (nSPS) is 33.8. The maximum atomic E-state index is 12.0. The molecule has 240 valence electrons. The summed E-state index contributed by atoms with van der Waals surface area (Å²) in [5.41, 5.74) is 6.79. The molecule has 0 amide bonds. The Kier molecular flexibility index (Phi) is 9.43. The summed E-state index contributed by atoms with van der Waals surface area (Å²) < 4.78 is 36.6. The number of hydrogen-bond donors (Lipinski definition) is 0. The summed E-state index contributed by atoms with van der Waals surface area (Å²) in [6, 6.07) is 0. The van der Waals surface area contributed by atoms with Crippen LogP contribution >= 0.6 is 0 Å². The molecule has 4 rings (SSSR count). The third-order valence-electron chi connectivity index (χ3n) is 12.8. The van der Waals surface area contributed by atoms with E-state index in [2.05, 4.69) is 87.6 Å². The largest absolute Gasteiger partial charge is 0.413 e. The van der Waals surface area contributed by atoms with Crippen LogP contribution in [0.1, 0.15) is 120 Å². The molecule has 0 N–H and O–H groups in total. The van der Waals surface area contributed by atoms with Crippen LogP contribution in [-0.2, 0) is 18.7 Å². The van der Waals surface area contributed by atoms with Crippen LogP contribution in [-0.4, -0.2) is 35.7 Å². The fraction of sp³-hybridized carbons (Fsp3) is 0.833. The van der Waals surface area contributed by atoms with Crippen molar-refractivity contribution in [2.24, 2.45) is 34.0 Å². The molecule has 0 aromatic heterocycles. The van der Waals surface area contributed by atoms with Crippen molar-refractivity contribution in [1.82, 2.24) is 0 Å². The SMILES string of the molecule is CC(C)=CCC[C@@H](COS(C)(=O)=O)C1CC=C2C3=C(CC[C@@]21C)[C@@]1(C)CCC(O[Si](C)(C)C(C)(C)C)C(C)(C)C1CC3. The first-order valence-corrected chi connectivity index (χ1v) is 21.4. The fourth-order valence-electron chi connectivity index (χ4n) is 9.36. The van der Waals surface area contributed by atoms with Crippen LogP contribution in [0.25, 0.3) is 0 Å². The van der Waals surface area contributed by atoms with E-state index in [0.29, 0.717) is 24.5 Å². The molecule has 1 fully saturated rings. The van der Waals surface area contributed by atoms with E-state index < -0.39 is 18.4 Å². The average Bonchev–Trinajstić information content (AvgIpc) is 3.19. The van der Waals surface area contributed by atoms with Gasteiger partial charge in [-0.1, -0.05) is 71.8 Å². The van der Waals surface area contributed by atoms with E-state index in [0.717, 1.165) is 32.1 Å². The lowest BCUT2D eigenvalue weighted by Crippen LogP contribution is -2.57. The lowest BCUT2D eigenvalue weighted by molar-refractivity contribution is -0.0840. The summed E-state index contributed by atoms with van der Waals surface area (Å²) in [5.74, 6) is 1.28. The zero-order valence-electron chi connectivity index (χ0n) is 29.1. The van der Waals surface area contributed by atoms with E-state index in [1.807, 2.05) is 0 Å². The molecule has 3 unspecified atom stereocenters. The second-order valence-electron chi connectivity index (χ2n) is 17.2. The van der Waals surface area contributed by atoms with Crippen LogP contribution in [0.4, 0.5) is 0 Å². The minimum absolute atomic E-state index is 0.0939. The first-order valence-electron chi connectivity index (χ1n) is 16.7.